The van der Waals surface area contributed by atoms with Gasteiger partial charge in [0, 0.05) is 16.2 Å². The Morgan fingerprint density at radius 3 is 3.07 bits per heavy atom. The first-order valence-electron chi connectivity index (χ1n) is 4.88. The summed E-state index contributed by atoms with van der Waals surface area (Å²) in [5, 5.41) is 3.42. The van der Waals surface area contributed by atoms with Gasteiger partial charge in [-0.1, -0.05) is 12.1 Å². The van der Waals surface area contributed by atoms with E-state index in [0.717, 1.165) is 13.2 Å². The second-order valence-corrected chi connectivity index (χ2v) is 4.83. The van der Waals surface area contributed by atoms with Crippen LogP contribution in [0.1, 0.15) is 18.6 Å². The maximum Gasteiger partial charge on any atom is 0.0976 e. The summed E-state index contributed by atoms with van der Waals surface area (Å²) in [5.74, 6) is 0. The Hall–Kier alpha value is -0.130. The van der Waals surface area contributed by atoms with Crippen LogP contribution < -0.4 is 5.32 Å². The first kappa shape index (κ1) is 10.4. The number of hydrogen-bond donors (Lipinski definition) is 1. The topological polar surface area (TPSA) is 21.3 Å². The molecule has 1 heterocycles. The largest absolute Gasteiger partial charge is 0.371 e. The molecule has 0 spiro atoms. The van der Waals surface area contributed by atoms with Gasteiger partial charge in [0.05, 0.1) is 12.7 Å². The molecule has 0 radical (unpaired) electrons. The Balaban J connectivity index is 2.20. The summed E-state index contributed by atoms with van der Waals surface area (Å²) in [7, 11) is 0. The molecule has 0 bridgehead atoms. The van der Waals surface area contributed by atoms with Crippen molar-refractivity contribution in [1.29, 1.82) is 0 Å². The second kappa shape index (κ2) is 4.59. The number of morpholine rings is 1. The van der Waals surface area contributed by atoms with Crippen LogP contribution in [0, 0.1) is 3.57 Å². The third kappa shape index (κ3) is 2.27. The van der Waals surface area contributed by atoms with Crippen LogP contribution in [0.5, 0.6) is 0 Å². The van der Waals surface area contributed by atoms with Crippen molar-refractivity contribution < 1.29 is 4.74 Å². The Kier molecular flexibility index (Phi) is 3.41. The minimum absolute atomic E-state index is 0.207. The molecule has 1 saturated heterocycles. The first-order chi connectivity index (χ1) is 6.77. The lowest BCUT2D eigenvalue weighted by molar-refractivity contribution is -0.000258. The van der Waals surface area contributed by atoms with E-state index < -0.39 is 0 Å². The van der Waals surface area contributed by atoms with Crippen molar-refractivity contribution in [3.8, 4) is 0 Å². The molecule has 14 heavy (non-hydrogen) atoms. The smallest absolute Gasteiger partial charge is 0.0976 e. The fourth-order valence-corrected chi connectivity index (χ4v) is 2.36. The Morgan fingerprint density at radius 1 is 1.50 bits per heavy atom. The van der Waals surface area contributed by atoms with Crippen molar-refractivity contribution in [2.24, 2.45) is 0 Å². The number of halogens is 1. The molecule has 1 aromatic carbocycles. The van der Waals surface area contributed by atoms with E-state index in [2.05, 4.69) is 59.1 Å². The number of benzene rings is 1. The molecule has 1 N–H and O–H groups in total. The number of rotatable bonds is 1. The zero-order valence-corrected chi connectivity index (χ0v) is 10.3. The van der Waals surface area contributed by atoms with Crippen LogP contribution in [0.4, 0.5) is 0 Å². The van der Waals surface area contributed by atoms with Crippen molar-refractivity contribution in [1.82, 2.24) is 5.32 Å². The molecule has 0 saturated carbocycles. The Labute approximate surface area is 98.2 Å². The van der Waals surface area contributed by atoms with Crippen molar-refractivity contribution in [3.63, 3.8) is 0 Å². The van der Waals surface area contributed by atoms with Crippen LogP contribution in [0.3, 0.4) is 0 Å². The third-order valence-electron chi connectivity index (χ3n) is 2.50. The van der Waals surface area contributed by atoms with Crippen LogP contribution in [0.25, 0.3) is 0 Å². The maximum absolute atomic E-state index is 5.77. The summed E-state index contributed by atoms with van der Waals surface area (Å²) in [6.07, 6.45) is 0.207. The highest BCUT2D eigenvalue weighted by atomic mass is 127. The predicted octanol–water partition coefficient (Wildman–Crippen LogP) is 2.34. The van der Waals surface area contributed by atoms with Gasteiger partial charge in [0.2, 0.25) is 0 Å². The van der Waals surface area contributed by atoms with E-state index in [0.29, 0.717) is 6.04 Å². The molecular weight excluding hydrogens is 289 g/mol. The number of hydrogen-bond acceptors (Lipinski definition) is 2. The SMILES string of the molecule is CC1NCCOC1c1cccc(I)c1. The summed E-state index contributed by atoms with van der Waals surface area (Å²) in [6, 6.07) is 8.92. The highest BCUT2D eigenvalue weighted by molar-refractivity contribution is 14.1. The molecule has 0 aromatic heterocycles. The normalized spacial score (nSPS) is 27.6. The van der Waals surface area contributed by atoms with Crippen molar-refractivity contribution in [3.05, 3.63) is 33.4 Å². The highest BCUT2D eigenvalue weighted by Crippen LogP contribution is 2.24. The second-order valence-electron chi connectivity index (χ2n) is 3.59. The Bertz CT molecular complexity index is 316. The van der Waals surface area contributed by atoms with Crippen LogP contribution >= 0.6 is 22.6 Å². The van der Waals surface area contributed by atoms with Gasteiger partial charge in [0.1, 0.15) is 0 Å². The summed E-state index contributed by atoms with van der Waals surface area (Å²) >= 11 is 2.33. The first-order valence-corrected chi connectivity index (χ1v) is 5.96. The van der Waals surface area contributed by atoms with E-state index >= 15 is 0 Å². The fourth-order valence-electron chi connectivity index (χ4n) is 1.79. The van der Waals surface area contributed by atoms with E-state index in [-0.39, 0.29) is 6.10 Å². The molecule has 76 valence electrons. The van der Waals surface area contributed by atoms with Gasteiger partial charge in [-0.05, 0) is 47.2 Å². The highest BCUT2D eigenvalue weighted by Gasteiger charge is 2.22. The van der Waals surface area contributed by atoms with Gasteiger partial charge in [0.15, 0.2) is 0 Å². The van der Waals surface area contributed by atoms with Gasteiger partial charge in [-0.2, -0.15) is 0 Å². The molecule has 2 atom stereocenters. The molecule has 3 heteroatoms. The molecule has 0 aliphatic carbocycles. The lowest BCUT2D eigenvalue weighted by atomic mass is 10.0. The lowest BCUT2D eigenvalue weighted by Gasteiger charge is -2.30. The zero-order chi connectivity index (χ0) is 9.97. The summed E-state index contributed by atoms with van der Waals surface area (Å²) in [6.45, 7) is 3.94. The van der Waals surface area contributed by atoms with Crippen molar-refractivity contribution in [2.75, 3.05) is 13.2 Å². The predicted molar refractivity (Wildman–Crippen MR) is 65.3 cm³/mol. The molecule has 2 unspecified atom stereocenters. The summed E-state index contributed by atoms with van der Waals surface area (Å²) in [4.78, 5) is 0. The van der Waals surface area contributed by atoms with Gasteiger partial charge in [0.25, 0.3) is 0 Å². The van der Waals surface area contributed by atoms with Gasteiger partial charge >= 0.3 is 0 Å². The van der Waals surface area contributed by atoms with Crippen LogP contribution in [-0.2, 0) is 4.74 Å². The molecule has 2 nitrogen and oxygen atoms in total. The molecule has 1 aliphatic heterocycles. The third-order valence-corrected chi connectivity index (χ3v) is 3.17. The van der Waals surface area contributed by atoms with Gasteiger partial charge in [-0.3, -0.25) is 0 Å². The maximum atomic E-state index is 5.77. The fraction of sp³-hybridized carbons (Fsp3) is 0.455. The molecule has 0 amide bonds. The molecule has 1 aliphatic rings. The monoisotopic (exact) mass is 303 g/mol. The minimum Gasteiger partial charge on any atom is -0.371 e. The molecule has 1 fully saturated rings. The van der Waals surface area contributed by atoms with Crippen LogP contribution in [0.15, 0.2) is 24.3 Å². The van der Waals surface area contributed by atoms with Crippen molar-refractivity contribution in [2.45, 2.75) is 19.1 Å². The van der Waals surface area contributed by atoms with Gasteiger partial charge in [-0.15, -0.1) is 0 Å². The average molecular weight is 303 g/mol. The van der Waals surface area contributed by atoms with E-state index in [9.17, 15) is 0 Å². The van der Waals surface area contributed by atoms with Crippen LogP contribution in [0.2, 0.25) is 0 Å². The zero-order valence-electron chi connectivity index (χ0n) is 8.16. The standard InChI is InChI=1S/C11H14INO/c1-8-11(14-6-5-13-8)9-3-2-4-10(12)7-9/h2-4,7-8,11,13H,5-6H2,1H3. The Morgan fingerprint density at radius 2 is 2.36 bits per heavy atom. The van der Waals surface area contributed by atoms with Gasteiger partial charge < -0.3 is 10.1 Å². The molecule has 1 aromatic rings. The van der Waals surface area contributed by atoms with Crippen LogP contribution in [-0.4, -0.2) is 19.2 Å². The summed E-state index contributed by atoms with van der Waals surface area (Å²) < 4.78 is 7.03. The number of ether oxygens (including phenoxy) is 1. The van der Waals surface area contributed by atoms with E-state index in [1.807, 2.05) is 0 Å². The van der Waals surface area contributed by atoms with E-state index in [1.165, 1.54) is 9.13 Å². The molecular formula is C11H14INO. The minimum atomic E-state index is 0.207. The average Bonchev–Trinajstić information content (AvgIpc) is 2.18. The van der Waals surface area contributed by atoms with E-state index in [4.69, 9.17) is 4.74 Å². The summed E-state index contributed by atoms with van der Waals surface area (Å²) in [5.41, 5.74) is 1.27. The number of nitrogens with one attached hydrogen (secondary N) is 1. The van der Waals surface area contributed by atoms with Gasteiger partial charge in [-0.25, -0.2) is 0 Å². The quantitative estimate of drug-likeness (QED) is 0.804. The van der Waals surface area contributed by atoms with E-state index in [1.54, 1.807) is 0 Å². The molecule has 2 rings (SSSR count). The van der Waals surface area contributed by atoms with Crippen molar-refractivity contribution >= 4 is 22.6 Å². The lowest BCUT2D eigenvalue weighted by Crippen LogP contribution is -2.41.